The molecule has 1 aliphatic heterocycles. The Hall–Kier alpha value is -4.17. The molecule has 0 spiro atoms. The second kappa shape index (κ2) is 11.5. The summed E-state index contributed by atoms with van der Waals surface area (Å²) in [6.45, 7) is 3.42. The van der Waals surface area contributed by atoms with Gasteiger partial charge in [-0.25, -0.2) is 9.37 Å². The third-order valence-electron chi connectivity index (χ3n) is 6.87. The highest BCUT2D eigenvalue weighted by Gasteiger charge is 2.32. The highest BCUT2D eigenvalue weighted by atomic mass is 19.1. The summed E-state index contributed by atoms with van der Waals surface area (Å²) in [5.74, 6) is -0.133. The molecule has 0 bridgehead atoms. The van der Waals surface area contributed by atoms with Gasteiger partial charge in [-0.2, -0.15) is 10.2 Å². The summed E-state index contributed by atoms with van der Waals surface area (Å²) in [5, 5.41) is 9.32. The molecule has 2 aromatic carbocycles. The number of nitrogens with two attached hydrogens (primary N) is 2. The number of rotatable bonds is 8. The first-order valence-corrected chi connectivity index (χ1v) is 12.5. The zero-order valence-electron chi connectivity index (χ0n) is 21.8. The standard InChI is InChI=1S/C27H32FN7O3/c1-4-5-18-15-34(22(36)13-20(30)17-8-6-16(14-29)7-9-17)10-11-35(18)27-32-24-19(26(31)33-27)12-21(37-2)25(38-3)23(24)28/h6-9,12,18,20H,4-5,10-11,13,15,30H2,1-3H3,(H2,31,32,33)/t18-,20+/m0/s1. The van der Waals surface area contributed by atoms with Crippen molar-refractivity contribution in [3.05, 3.63) is 47.3 Å². The molecule has 1 fully saturated rings. The van der Waals surface area contributed by atoms with Crippen LogP contribution in [-0.4, -0.2) is 60.7 Å². The number of methoxy groups -OCH3 is 2. The minimum Gasteiger partial charge on any atom is -0.493 e. The summed E-state index contributed by atoms with van der Waals surface area (Å²) in [7, 11) is 2.78. The number of carbonyl (C=O) groups is 1. The number of halogens is 1. The van der Waals surface area contributed by atoms with Crippen molar-refractivity contribution in [1.29, 1.82) is 5.26 Å². The Balaban J connectivity index is 1.55. The Morgan fingerprint density at radius 3 is 2.61 bits per heavy atom. The quantitative estimate of drug-likeness (QED) is 0.457. The van der Waals surface area contributed by atoms with Gasteiger partial charge in [-0.05, 0) is 30.2 Å². The van der Waals surface area contributed by atoms with E-state index in [4.69, 9.17) is 26.2 Å². The maximum absolute atomic E-state index is 15.3. The molecular weight excluding hydrogens is 489 g/mol. The smallest absolute Gasteiger partial charge is 0.228 e. The van der Waals surface area contributed by atoms with E-state index >= 15 is 4.39 Å². The molecule has 2 heterocycles. The van der Waals surface area contributed by atoms with Crippen molar-refractivity contribution in [2.75, 3.05) is 44.5 Å². The maximum atomic E-state index is 15.3. The van der Waals surface area contributed by atoms with Gasteiger partial charge in [0, 0.05) is 43.5 Å². The highest BCUT2D eigenvalue weighted by molar-refractivity contribution is 5.92. The van der Waals surface area contributed by atoms with Gasteiger partial charge in [0.05, 0.1) is 25.9 Å². The molecule has 0 radical (unpaired) electrons. The first-order valence-electron chi connectivity index (χ1n) is 12.5. The van der Waals surface area contributed by atoms with E-state index in [1.807, 2.05) is 4.90 Å². The summed E-state index contributed by atoms with van der Waals surface area (Å²) in [5.41, 5.74) is 13.9. The lowest BCUT2D eigenvalue weighted by molar-refractivity contribution is -0.132. The summed E-state index contributed by atoms with van der Waals surface area (Å²) >= 11 is 0. The van der Waals surface area contributed by atoms with Crippen molar-refractivity contribution >= 4 is 28.6 Å². The van der Waals surface area contributed by atoms with E-state index in [2.05, 4.69) is 23.0 Å². The molecule has 1 aliphatic rings. The number of nitriles is 1. The largest absolute Gasteiger partial charge is 0.493 e. The molecule has 1 amide bonds. The molecule has 38 heavy (non-hydrogen) atoms. The summed E-state index contributed by atoms with van der Waals surface area (Å²) in [6, 6.07) is 10.0. The number of anilines is 2. The molecule has 200 valence electrons. The van der Waals surface area contributed by atoms with Crippen LogP contribution in [0, 0.1) is 17.1 Å². The number of aromatic nitrogens is 2. The van der Waals surface area contributed by atoms with Gasteiger partial charge in [-0.3, -0.25) is 4.79 Å². The first-order chi connectivity index (χ1) is 18.3. The summed E-state index contributed by atoms with van der Waals surface area (Å²) in [6.07, 6.45) is 1.80. The Morgan fingerprint density at radius 1 is 1.24 bits per heavy atom. The fraction of sp³-hybridized carbons (Fsp3) is 0.407. The fourth-order valence-corrected chi connectivity index (χ4v) is 4.83. The number of hydrogen-bond donors (Lipinski definition) is 2. The molecule has 1 aromatic heterocycles. The Labute approximate surface area is 220 Å². The van der Waals surface area contributed by atoms with Gasteiger partial charge in [-0.15, -0.1) is 0 Å². The van der Waals surface area contributed by atoms with E-state index in [0.29, 0.717) is 36.5 Å². The monoisotopic (exact) mass is 521 g/mol. The number of amides is 1. The fourth-order valence-electron chi connectivity index (χ4n) is 4.83. The highest BCUT2D eigenvalue weighted by Crippen LogP contribution is 2.38. The number of carbonyl (C=O) groups excluding carboxylic acids is 1. The number of nitrogen functional groups attached to an aromatic ring is 1. The Kier molecular flexibility index (Phi) is 8.12. The van der Waals surface area contributed by atoms with Gasteiger partial charge in [-0.1, -0.05) is 25.5 Å². The van der Waals surface area contributed by atoms with Crippen LogP contribution in [0.2, 0.25) is 0 Å². The van der Waals surface area contributed by atoms with E-state index in [1.165, 1.54) is 14.2 Å². The van der Waals surface area contributed by atoms with E-state index in [1.54, 1.807) is 35.2 Å². The van der Waals surface area contributed by atoms with Crippen LogP contribution in [0.1, 0.15) is 43.4 Å². The van der Waals surface area contributed by atoms with Crippen LogP contribution >= 0.6 is 0 Å². The predicted molar refractivity (Wildman–Crippen MR) is 142 cm³/mol. The lowest BCUT2D eigenvalue weighted by Crippen LogP contribution is -2.55. The lowest BCUT2D eigenvalue weighted by atomic mass is 10.0. The molecule has 0 aliphatic carbocycles. The molecule has 4 N–H and O–H groups in total. The summed E-state index contributed by atoms with van der Waals surface area (Å²) in [4.78, 5) is 26.0. The van der Waals surface area contributed by atoms with Crippen molar-refractivity contribution in [2.45, 2.75) is 38.3 Å². The van der Waals surface area contributed by atoms with Crippen LogP contribution in [0.25, 0.3) is 10.9 Å². The Morgan fingerprint density at radius 2 is 1.97 bits per heavy atom. The number of benzene rings is 2. The van der Waals surface area contributed by atoms with Crippen molar-refractivity contribution in [3.63, 3.8) is 0 Å². The number of nitrogens with zero attached hydrogens (tertiary/aromatic N) is 5. The number of fused-ring (bicyclic) bond motifs is 1. The first kappa shape index (κ1) is 26.9. The zero-order chi connectivity index (χ0) is 27.4. The summed E-state index contributed by atoms with van der Waals surface area (Å²) < 4.78 is 25.7. The van der Waals surface area contributed by atoms with Gasteiger partial charge < -0.3 is 30.7 Å². The molecule has 2 atom stereocenters. The zero-order valence-corrected chi connectivity index (χ0v) is 21.8. The van der Waals surface area contributed by atoms with Crippen molar-refractivity contribution < 1.29 is 18.7 Å². The minimum atomic E-state index is -0.671. The van der Waals surface area contributed by atoms with E-state index in [0.717, 1.165) is 18.4 Å². The van der Waals surface area contributed by atoms with Gasteiger partial charge >= 0.3 is 0 Å². The molecule has 1 saturated heterocycles. The van der Waals surface area contributed by atoms with Gasteiger partial charge in [0.15, 0.2) is 17.3 Å². The Bertz CT molecular complexity index is 1360. The number of ether oxygens (including phenoxy) is 2. The van der Waals surface area contributed by atoms with Crippen LogP contribution in [0.4, 0.5) is 16.2 Å². The second-order valence-corrected chi connectivity index (χ2v) is 9.25. The van der Waals surface area contributed by atoms with E-state index < -0.39 is 11.9 Å². The van der Waals surface area contributed by atoms with Crippen LogP contribution < -0.4 is 25.8 Å². The molecule has 11 heteroatoms. The molecule has 3 aromatic rings. The van der Waals surface area contributed by atoms with Crippen molar-refractivity contribution in [2.24, 2.45) is 5.73 Å². The van der Waals surface area contributed by atoms with Crippen LogP contribution in [-0.2, 0) is 4.79 Å². The maximum Gasteiger partial charge on any atom is 0.228 e. The van der Waals surface area contributed by atoms with Crippen molar-refractivity contribution in [3.8, 4) is 17.6 Å². The SMILES string of the molecule is CCC[C@H]1CN(C(=O)C[C@@H](N)c2ccc(C#N)cc2)CCN1c1nc(N)c2cc(OC)c(OC)c(F)c2n1. The lowest BCUT2D eigenvalue weighted by Gasteiger charge is -2.42. The normalized spacial score (nSPS) is 16.3. The third-order valence-corrected chi connectivity index (χ3v) is 6.87. The molecule has 0 unspecified atom stereocenters. The van der Waals surface area contributed by atoms with Crippen LogP contribution in [0.3, 0.4) is 0 Å². The predicted octanol–water partition coefficient (Wildman–Crippen LogP) is 3.15. The molecule has 10 nitrogen and oxygen atoms in total. The van der Waals surface area contributed by atoms with Gasteiger partial charge in [0.1, 0.15) is 11.3 Å². The second-order valence-electron chi connectivity index (χ2n) is 9.25. The molecular formula is C27H32FN7O3. The molecule has 4 rings (SSSR count). The average Bonchev–Trinajstić information content (AvgIpc) is 2.93. The number of hydrogen-bond acceptors (Lipinski definition) is 9. The van der Waals surface area contributed by atoms with E-state index in [9.17, 15) is 4.79 Å². The number of piperazine rings is 1. The van der Waals surface area contributed by atoms with Gasteiger partial charge in [0.25, 0.3) is 0 Å². The average molecular weight is 522 g/mol. The van der Waals surface area contributed by atoms with Gasteiger partial charge in [0.2, 0.25) is 11.9 Å². The van der Waals surface area contributed by atoms with Crippen molar-refractivity contribution in [1.82, 2.24) is 14.9 Å². The minimum absolute atomic E-state index is 0.0484. The molecule has 0 saturated carbocycles. The van der Waals surface area contributed by atoms with Crippen LogP contribution in [0.15, 0.2) is 30.3 Å². The topological polar surface area (TPSA) is 144 Å². The van der Waals surface area contributed by atoms with E-state index in [-0.39, 0.29) is 41.2 Å². The van der Waals surface area contributed by atoms with Crippen LogP contribution in [0.5, 0.6) is 11.5 Å². The third kappa shape index (κ3) is 5.26.